The summed E-state index contributed by atoms with van der Waals surface area (Å²) in [4.78, 5) is 0.0245. The fraction of sp³-hybridized carbons (Fsp3) is 0.571. The molecule has 23 heavy (non-hydrogen) atoms. The average Bonchev–Trinajstić information content (AvgIpc) is 2.81. The average molecular weight is 400 g/mol. The van der Waals surface area contributed by atoms with Crippen molar-refractivity contribution in [3.05, 3.63) is 28.2 Å². The van der Waals surface area contributed by atoms with Crippen LogP contribution in [0, 0.1) is 0 Å². The summed E-state index contributed by atoms with van der Waals surface area (Å²) in [6, 6.07) is 3.26. The number of benzene rings is 1. The van der Waals surface area contributed by atoms with Gasteiger partial charge in [0.15, 0.2) is 9.84 Å². The summed E-state index contributed by atoms with van der Waals surface area (Å²) in [5.74, 6) is -0.126. The zero-order valence-corrected chi connectivity index (χ0v) is 16.0. The van der Waals surface area contributed by atoms with E-state index in [4.69, 9.17) is 23.2 Å². The van der Waals surface area contributed by atoms with Gasteiger partial charge in [0.05, 0.1) is 26.4 Å². The highest BCUT2D eigenvalue weighted by molar-refractivity contribution is 7.92. The van der Waals surface area contributed by atoms with Gasteiger partial charge in [0.2, 0.25) is 10.0 Å². The number of rotatable bonds is 5. The Kier molecular flexibility index (Phi) is 5.68. The Labute approximate surface area is 147 Å². The Balaban J connectivity index is 2.47. The Morgan fingerprint density at radius 2 is 1.96 bits per heavy atom. The normalized spacial score (nSPS) is 22.4. The van der Waals surface area contributed by atoms with Crippen molar-refractivity contribution in [2.75, 3.05) is 11.5 Å². The number of hydrogen-bond acceptors (Lipinski definition) is 4. The molecule has 0 unspecified atom stereocenters. The van der Waals surface area contributed by atoms with Crippen molar-refractivity contribution in [2.24, 2.45) is 0 Å². The van der Waals surface area contributed by atoms with Crippen molar-refractivity contribution in [3.63, 3.8) is 0 Å². The molecule has 0 spiro atoms. The molecule has 1 aliphatic rings. The third-order valence-corrected chi connectivity index (χ3v) is 8.61. The monoisotopic (exact) mass is 399 g/mol. The van der Waals surface area contributed by atoms with Crippen LogP contribution in [-0.2, 0) is 19.9 Å². The van der Waals surface area contributed by atoms with Crippen LogP contribution in [0.4, 0.5) is 0 Å². The van der Waals surface area contributed by atoms with Gasteiger partial charge in [-0.25, -0.2) is 16.8 Å². The van der Waals surface area contributed by atoms with Gasteiger partial charge in [-0.15, -0.1) is 0 Å². The van der Waals surface area contributed by atoms with Gasteiger partial charge in [-0.1, -0.05) is 30.1 Å². The topological polar surface area (TPSA) is 71.5 Å². The van der Waals surface area contributed by atoms with Gasteiger partial charge in [0.1, 0.15) is 0 Å². The SMILES string of the molecule is CC[C@@H](C)N([C@@H]1CCS(=O)(=O)C1)S(=O)(=O)c1ccc(Cl)c(Cl)c1. The molecule has 0 saturated carbocycles. The first-order valence-electron chi connectivity index (χ1n) is 7.27. The largest absolute Gasteiger partial charge is 0.243 e. The lowest BCUT2D eigenvalue weighted by Gasteiger charge is -2.32. The van der Waals surface area contributed by atoms with Crippen LogP contribution < -0.4 is 0 Å². The first kappa shape index (κ1) is 19.0. The summed E-state index contributed by atoms with van der Waals surface area (Å²) in [7, 11) is -7.05. The van der Waals surface area contributed by atoms with Gasteiger partial charge < -0.3 is 0 Å². The molecular formula is C14H19Cl2NO4S2. The first-order chi connectivity index (χ1) is 10.6. The van der Waals surface area contributed by atoms with E-state index in [1.165, 1.54) is 22.5 Å². The minimum Gasteiger partial charge on any atom is -0.229 e. The molecule has 1 aliphatic heterocycles. The second-order valence-electron chi connectivity index (χ2n) is 5.73. The molecule has 9 heteroatoms. The van der Waals surface area contributed by atoms with E-state index in [2.05, 4.69) is 0 Å². The second-order valence-corrected chi connectivity index (χ2v) is 10.6. The van der Waals surface area contributed by atoms with Gasteiger partial charge in [-0.05, 0) is 38.0 Å². The van der Waals surface area contributed by atoms with Gasteiger partial charge in [0.25, 0.3) is 0 Å². The van der Waals surface area contributed by atoms with Crippen LogP contribution in [0.3, 0.4) is 0 Å². The molecule has 0 bridgehead atoms. The number of nitrogens with zero attached hydrogens (tertiary/aromatic N) is 1. The van der Waals surface area contributed by atoms with Crippen LogP contribution in [0.2, 0.25) is 10.0 Å². The van der Waals surface area contributed by atoms with Gasteiger partial charge in [-0.2, -0.15) is 4.31 Å². The molecule has 0 N–H and O–H groups in total. The number of hydrogen-bond donors (Lipinski definition) is 0. The van der Waals surface area contributed by atoms with Crippen LogP contribution in [0.5, 0.6) is 0 Å². The van der Waals surface area contributed by atoms with Crippen molar-refractivity contribution < 1.29 is 16.8 Å². The molecule has 1 heterocycles. The fourth-order valence-corrected chi connectivity index (χ4v) is 6.82. The summed E-state index contributed by atoms with van der Waals surface area (Å²) in [6.07, 6.45) is 0.893. The molecule has 5 nitrogen and oxygen atoms in total. The van der Waals surface area contributed by atoms with Crippen LogP contribution in [0.25, 0.3) is 0 Å². The standard InChI is InChI=1S/C14H19Cl2NO4S2/c1-3-10(2)17(11-6-7-22(18,19)9-11)23(20,21)12-4-5-13(15)14(16)8-12/h4-5,8,10-11H,3,6-7,9H2,1-2H3/t10-,11-/m1/s1. The maximum atomic E-state index is 13.0. The van der Waals surface area contributed by atoms with E-state index in [1.807, 2.05) is 6.92 Å². The van der Waals surface area contributed by atoms with Crippen LogP contribution in [0.15, 0.2) is 23.1 Å². The van der Waals surface area contributed by atoms with E-state index in [1.54, 1.807) is 6.92 Å². The maximum Gasteiger partial charge on any atom is 0.243 e. The lowest BCUT2D eigenvalue weighted by Crippen LogP contribution is -2.46. The molecule has 2 rings (SSSR count). The third-order valence-electron chi connectivity index (χ3n) is 4.06. The van der Waals surface area contributed by atoms with E-state index in [9.17, 15) is 16.8 Å². The predicted octanol–water partition coefficient (Wildman–Crippen LogP) is 2.97. The maximum absolute atomic E-state index is 13.0. The summed E-state index contributed by atoms with van der Waals surface area (Å²) in [5.41, 5.74) is 0. The molecule has 1 fully saturated rings. The van der Waals surface area contributed by atoms with Gasteiger partial charge in [0, 0.05) is 12.1 Å². The molecule has 0 aliphatic carbocycles. The number of sulfone groups is 1. The quantitative estimate of drug-likeness (QED) is 0.762. The molecule has 1 aromatic carbocycles. The smallest absolute Gasteiger partial charge is 0.229 e. The molecule has 130 valence electrons. The minimum absolute atomic E-state index is 0.0154. The molecule has 1 aromatic rings. The summed E-state index contributed by atoms with van der Waals surface area (Å²) < 4.78 is 50.9. The van der Waals surface area contributed by atoms with E-state index < -0.39 is 25.9 Å². The van der Waals surface area contributed by atoms with Crippen molar-refractivity contribution in [2.45, 2.75) is 43.7 Å². The van der Waals surface area contributed by atoms with Crippen molar-refractivity contribution in [3.8, 4) is 0 Å². The highest BCUT2D eigenvalue weighted by Gasteiger charge is 2.40. The third kappa shape index (κ3) is 4.02. The fourth-order valence-electron chi connectivity index (χ4n) is 2.71. The van der Waals surface area contributed by atoms with Crippen molar-refractivity contribution >= 4 is 43.1 Å². The van der Waals surface area contributed by atoms with Crippen LogP contribution >= 0.6 is 23.2 Å². The van der Waals surface area contributed by atoms with Crippen LogP contribution in [-0.4, -0.2) is 44.7 Å². The Bertz CT molecular complexity index is 793. The first-order valence-corrected chi connectivity index (χ1v) is 11.3. The van der Waals surface area contributed by atoms with Crippen molar-refractivity contribution in [1.29, 1.82) is 0 Å². The van der Waals surface area contributed by atoms with E-state index >= 15 is 0 Å². The zero-order chi connectivity index (χ0) is 17.4. The Morgan fingerprint density at radius 1 is 1.30 bits per heavy atom. The van der Waals surface area contributed by atoms with E-state index in [0.717, 1.165) is 0 Å². The number of halogens is 2. The Morgan fingerprint density at radius 3 is 2.43 bits per heavy atom. The number of sulfonamides is 1. The molecule has 2 atom stereocenters. The minimum atomic E-state index is -3.86. The zero-order valence-electron chi connectivity index (χ0n) is 12.9. The Hall–Kier alpha value is -0.340. The van der Waals surface area contributed by atoms with Crippen LogP contribution in [0.1, 0.15) is 26.7 Å². The van der Waals surface area contributed by atoms with Gasteiger partial charge >= 0.3 is 0 Å². The summed E-state index contributed by atoms with van der Waals surface area (Å²) in [5, 5.41) is 0.417. The summed E-state index contributed by atoms with van der Waals surface area (Å²) in [6.45, 7) is 3.64. The molecular weight excluding hydrogens is 381 g/mol. The highest BCUT2D eigenvalue weighted by Crippen LogP contribution is 2.31. The van der Waals surface area contributed by atoms with E-state index in [-0.39, 0.29) is 32.5 Å². The molecule has 0 radical (unpaired) electrons. The van der Waals surface area contributed by atoms with E-state index in [0.29, 0.717) is 12.8 Å². The highest BCUT2D eigenvalue weighted by atomic mass is 35.5. The van der Waals surface area contributed by atoms with Gasteiger partial charge in [-0.3, -0.25) is 0 Å². The summed E-state index contributed by atoms with van der Waals surface area (Å²) >= 11 is 11.8. The molecule has 1 saturated heterocycles. The predicted molar refractivity (Wildman–Crippen MR) is 92.3 cm³/mol. The van der Waals surface area contributed by atoms with Crippen molar-refractivity contribution in [1.82, 2.24) is 4.31 Å². The lowest BCUT2D eigenvalue weighted by atomic mass is 10.2. The molecule has 0 amide bonds. The lowest BCUT2D eigenvalue weighted by molar-refractivity contribution is 0.271. The second kappa shape index (κ2) is 6.88. The molecule has 0 aromatic heterocycles.